The van der Waals surface area contributed by atoms with E-state index in [1.54, 1.807) is 12.0 Å². The molecule has 1 amide bonds. The summed E-state index contributed by atoms with van der Waals surface area (Å²) < 4.78 is 10.9. The van der Waals surface area contributed by atoms with Gasteiger partial charge in [0.05, 0.1) is 20.3 Å². The van der Waals surface area contributed by atoms with Crippen molar-refractivity contribution in [3.05, 3.63) is 35.0 Å². The number of hydrogen-bond donors (Lipinski definition) is 1. The SMILES string of the molecule is COc1ccc(/C=C2/NC(=S)N(CC(C)C)C2=O)cc1CN1CCOCC1. The van der Waals surface area contributed by atoms with Crippen LogP contribution >= 0.6 is 12.2 Å². The van der Waals surface area contributed by atoms with E-state index in [-0.39, 0.29) is 5.91 Å². The van der Waals surface area contributed by atoms with E-state index in [1.807, 2.05) is 18.2 Å². The number of carbonyl (C=O) groups excluding carboxylic acids is 1. The molecule has 6 nitrogen and oxygen atoms in total. The highest BCUT2D eigenvalue weighted by Gasteiger charge is 2.30. The summed E-state index contributed by atoms with van der Waals surface area (Å²) in [5.74, 6) is 1.14. The highest BCUT2D eigenvalue weighted by molar-refractivity contribution is 7.80. The molecular weight excluding hydrogens is 362 g/mol. The number of ether oxygens (including phenoxy) is 2. The maximum atomic E-state index is 12.6. The van der Waals surface area contributed by atoms with Crippen molar-refractivity contribution in [3.63, 3.8) is 0 Å². The highest BCUT2D eigenvalue weighted by Crippen LogP contribution is 2.24. The number of morpholine rings is 1. The summed E-state index contributed by atoms with van der Waals surface area (Å²) in [5.41, 5.74) is 2.56. The zero-order valence-corrected chi connectivity index (χ0v) is 17.0. The molecule has 0 spiro atoms. The van der Waals surface area contributed by atoms with Gasteiger partial charge in [0.15, 0.2) is 5.11 Å². The minimum Gasteiger partial charge on any atom is -0.496 e. The van der Waals surface area contributed by atoms with Gasteiger partial charge in [0.2, 0.25) is 0 Å². The van der Waals surface area contributed by atoms with Crippen molar-refractivity contribution in [3.8, 4) is 5.75 Å². The molecule has 146 valence electrons. The van der Waals surface area contributed by atoms with Gasteiger partial charge in [0.25, 0.3) is 5.91 Å². The topological polar surface area (TPSA) is 54.0 Å². The molecule has 0 unspecified atom stereocenters. The second kappa shape index (κ2) is 8.82. The average Bonchev–Trinajstić information content (AvgIpc) is 2.90. The van der Waals surface area contributed by atoms with Crippen LogP contribution in [0.2, 0.25) is 0 Å². The Morgan fingerprint density at radius 3 is 2.74 bits per heavy atom. The van der Waals surface area contributed by atoms with Crippen molar-refractivity contribution < 1.29 is 14.3 Å². The van der Waals surface area contributed by atoms with E-state index in [9.17, 15) is 4.79 Å². The Morgan fingerprint density at radius 2 is 2.07 bits per heavy atom. The monoisotopic (exact) mass is 389 g/mol. The van der Waals surface area contributed by atoms with E-state index in [0.29, 0.717) is 23.3 Å². The van der Waals surface area contributed by atoms with E-state index in [2.05, 4.69) is 30.1 Å². The zero-order chi connectivity index (χ0) is 19.4. The molecule has 0 atom stereocenters. The predicted octanol–water partition coefficient (Wildman–Crippen LogP) is 2.24. The fourth-order valence-electron chi connectivity index (χ4n) is 3.28. The first kappa shape index (κ1) is 19.8. The van der Waals surface area contributed by atoms with Crippen LogP contribution in [-0.2, 0) is 16.1 Å². The largest absolute Gasteiger partial charge is 0.496 e. The summed E-state index contributed by atoms with van der Waals surface area (Å²) in [6, 6.07) is 5.98. The molecule has 2 fully saturated rings. The van der Waals surface area contributed by atoms with E-state index in [4.69, 9.17) is 21.7 Å². The lowest BCUT2D eigenvalue weighted by Crippen LogP contribution is -2.35. The van der Waals surface area contributed by atoms with Crippen LogP contribution in [0.4, 0.5) is 0 Å². The second-order valence-electron chi connectivity index (χ2n) is 7.26. The summed E-state index contributed by atoms with van der Waals surface area (Å²) in [7, 11) is 1.68. The first-order valence-electron chi connectivity index (χ1n) is 9.29. The van der Waals surface area contributed by atoms with Gasteiger partial charge in [-0.15, -0.1) is 0 Å². The number of amides is 1. The van der Waals surface area contributed by atoms with Gasteiger partial charge in [-0.05, 0) is 41.9 Å². The molecular formula is C20H27N3O3S. The van der Waals surface area contributed by atoms with Gasteiger partial charge in [0, 0.05) is 31.7 Å². The molecule has 3 rings (SSSR count). The van der Waals surface area contributed by atoms with E-state index < -0.39 is 0 Å². The molecule has 27 heavy (non-hydrogen) atoms. The van der Waals surface area contributed by atoms with Crippen molar-refractivity contribution >= 4 is 29.3 Å². The lowest BCUT2D eigenvalue weighted by molar-refractivity contribution is -0.122. The second-order valence-corrected chi connectivity index (χ2v) is 7.64. The standard InChI is InChI=1S/C20H27N3O3S/c1-14(2)12-23-19(24)17(21-20(23)27)11-15-4-5-18(25-3)16(10-15)13-22-6-8-26-9-7-22/h4-5,10-11,14H,6-9,12-13H2,1-3H3,(H,21,27)/b17-11+. The van der Waals surface area contributed by atoms with E-state index in [1.165, 1.54) is 0 Å². The van der Waals surface area contributed by atoms with E-state index in [0.717, 1.165) is 49.7 Å². The molecule has 0 aliphatic carbocycles. The first-order chi connectivity index (χ1) is 13.0. The molecule has 1 N–H and O–H groups in total. The summed E-state index contributed by atoms with van der Waals surface area (Å²) in [6.45, 7) is 8.88. The minimum atomic E-state index is -0.0701. The van der Waals surface area contributed by atoms with Crippen LogP contribution in [0.5, 0.6) is 5.75 Å². The van der Waals surface area contributed by atoms with Crippen molar-refractivity contribution in [1.82, 2.24) is 15.1 Å². The highest BCUT2D eigenvalue weighted by atomic mass is 32.1. The van der Waals surface area contributed by atoms with Crippen molar-refractivity contribution in [2.75, 3.05) is 40.0 Å². The number of rotatable bonds is 6. The molecule has 2 saturated heterocycles. The van der Waals surface area contributed by atoms with Gasteiger partial charge in [-0.25, -0.2) is 0 Å². The van der Waals surface area contributed by atoms with Crippen molar-refractivity contribution in [1.29, 1.82) is 0 Å². The van der Waals surface area contributed by atoms with Gasteiger partial charge >= 0.3 is 0 Å². The van der Waals surface area contributed by atoms with E-state index >= 15 is 0 Å². The molecule has 2 aliphatic heterocycles. The van der Waals surface area contributed by atoms with Gasteiger partial charge < -0.3 is 14.8 Å². The summed E-state index contributed by atoms with van der Waals surface area (Å²) in [6.07, 6.45) is 1.86. The molecule has 2 heterocycles. The molecule has 0 radical (unpaired) electrons. The third kappa shape index (κ3) is 4.86. The van der Waals surface area contributed by atoms with Crippen LogP contribution in [0.25, 0.3) is 6.08 Å². The fraction of sp³-hybridized carbons (Fsp3) is 0.500. The third-order valence-electron chi connectivity index (χ3n) is 4.62. The number of nitrogens with one attached hydrogen (secondary N) is 1. The number of benzene rings is 1. The van der Waals surface area contributed by atoms with Crippen LogP contribution < -0.4 is 10.1 Å². The van der Waals surface area contributed by atoms with Crippen molar-refractivity contribution in [2.45, 2.75) is 20.4 Å². The first-order valence-corrected chi connectivity index (χ1v) is 9.70. The Labute approximate surface area is 166 Å². The smallest absolute Gasteiger partial charge is 0.276 e. The molecule has 0 bridgehead atoms. The lowest BCUT2D eigenvalue weighted by atomic mass is 10.1. The summed E-state index contributed by atoms with van der Waals surface area (Å²) in [4.78, 5) is 16.6. The van der Waals surface area contributed by atoms with Gasteiger partial charge in [0.1, 0.15) is 11.4 Å². The molecule has 2 aliphatic rings. The Balaban J connectivity index is 1.80. The van der Waals surface area contributed by atoms with Crippen LogP contribution in [0.15, 0.2) is 23.9 Å². The lowest BCUT2D eigenvalue weighted by Gasteiger charge is -2.27. The predicted molar refractivity (Wildman–Crippen MR) is 109 cm³/mol. The van der Waals surface area contributed by atoms with Gasteiger partial charge in [-0.3, -0.25) is 14.6 Å². The van der Waals surface area contributed by atoms with Gasteiger partial charge in [-0.1, -0.05) is 19.9 Å². The van der Waals surface area contributed by atoms with Crippen LogP contribution in [0, 0.1) is 5.92 Å². The minimum absolute atomic E-state index is 0.0701. The molecule has 0 aromatic heterocycles. The normalized spacial score (nSPS) is 19.9. The number of carbonyl (C=O) groups is 1. The van der Waals surface area contributed by atoms with Gasteiger partial charge in [-0.2, -0.15) is 0 Å². The quantitative estimate of drug-likeness (QED) is 0.595. The molecule has 1 aromatic rings. The number of methoxy groups -OCH3 is 1. The maximum absolute atomic E-state index is 12.6. The summed E-state index contributed by atoms with van der Waals surface area (Å²) in [5, 5.41) is 3.52. The Morgan fingerprint density at radius 1 is 1.33 bits per heavy atom. The van der Waals surface area contributed by atoms with Crippen LogP contribution in [0.1, 0.15) is 25.0 Å². The summed E-state index contributed by atoms with van der Waals surface area (Å²) >= 11 is 5.32. The Kier molecular flexibility index (Phi) is 6.46. The Hall–Kier alpha value is -1.96. The maximum Gasteiger partial charge on any atom is 0.276 e. The third-order valence-corrected chi connectivity index (χ3v) is 4.95. The number of nitrogens with zero attached hydrogens (tertiary/aromatic N) is 2. The zero-order valence-electron chi connectivity index (χ0n) is 16.2. The Bertz CT molecular complexity index is 742. The molecule has 1 aromatic carbocycles. The molecule has 7 heteroatoms. The van der Waals surface area contributed by atoms with Crippen molar-refractivity contribution in [2.24, 2.45) is 5.92 Å². The average molecular weight is 390 g/mol. The van der Waals surface area contributed by atoms with Crippen LogP contribution in [-0.4, -0.2) is 60.8 Å². The van der Waals surface area contributed by atoms with Crippen LogP contribution in [0.3, 0.4) is 0 Å². The fourth-order valence-corrected chi connectivity index (χ4v) is 3.55. The number of thiocarbonyl (C=S) groups is 1. The number of hydrogen-bond acceptors (Lipinski definition) is 5. The molecule has 0 saturated carbocycles.